The number of carbonyl (C=O) groups is 3. The van der Waals surface area contributed by atoms with Gasteiger partial charge in [0.1, 0.15) is 0 Å². The van der Waals surface area contributed by atoms with Crippen LogP contribution in [0.4, 0.5) is 11.4 Å². The van der Waals surface area contributed by atoms with Crippen LogP contribution in [0.3, 0.4) is 0 Å². The zero-order valence-electron chi connectivity index (χ0n) is 24.1. The maximum absolute atomic E-state index is 13.4. The SMILES string of the molecule is Cc1cccc(C)c1NC(=O)CSCC(=O)Nc1ccc2nc(SCC(=O)n3c4c(c5ccccc53)CCCC4)sc2c1. The van der Waals surface area contributed by atoms with E-state index < -0.39 is 0 Å². The molecule has 3 aromatic carbocycles. The van der Waals surface area contributed by atoms with Crippen molar-refractivity contribution in [3.63, 3.8) is 0 Å². The first-order valence-corrected chi connectivity index (χ1v) is 17.2. The fourth-order valence-electron chi connectivity index (χ4n) is 5.63. The fourth-order valence-corrected chi connectivity index (χ4v) is 8.21. The predicted molar refractivity (Wildman–Crippen MR) is 180 cm³/mol. The second kappa shape index (κ2) is 13.0. The Bertz CT molecular complexity index is 1840. The molecule has 0 bridgehead atoms. The molecule has 0 unspecified atom stereocenters. The van der Waals surface area contributed by atoms with Gasteiger partial charge in [-0.2, -0.15) is 0 Å². The maximum Gasteiger partial charge on any atom is 0.241 e. The molecule has 10 heteroatoms. The summed E-state index contributed by atoms with van der Waals surface area (Å²) in [4.78, 5) is 43.1. The third-order valence-corrected chi connectivity index (χ3v) is 10.7. The van der Waals surface area contributed by atoms with Crippen molar-refractivity contribution in [1.29, 1.82) is 0 Å². The number of aromatic nitrogens is 2. The molecule has 0 fully saturated rings. The first-order valence-electron chi connectivity index (χ1n) is 14.3. The Morgan fingerprint density at radius 3 is 2.44 bits per heavy atom. The summed E-state index contributed by atoms with van der Waals surface area (Å²) >= 11 is 4.25. The van der Waals surface area contributed by atoms with Gasteiger partial charge < -0.3 is 10.6 Å². The van der Waals surface area contributed by atoms with Crippen molar-refractivity contribution in [2.24, 2.45) is 0 Å². The molecule has 0 radical (unpaired) electrons. The van der Waals surface area contributed by atoms with E-state index in [0.29, 0.717) is 11.4 Å². The number of nitrogens with zero attached hydrogens (tertiary/aromatic N) is 2. The van der Waals surface area contributed by atoms with Crippen molar-refractivity contribution in [1.82, 2.24) is 9.55 Å². The summed E-state index contributed by atoms with van der Waals surface area (Å²) in [5, 5.41) is 7.07. The lowest BCUT2D eigenvalue weighted by molar-refractivity contribution is -0.114. The van der Waals surface area contributed by atoms with Gasteiger partial charge in [-0.25, -0.2) is 4.98 Å². The van der Waals surface area contributed by atoms with Crippen molar-refractivity contribution >= 4 is 85.1 Å². The van der Waals surface area contributed by atoms with Crippen LogP contribution in [0.25, 0.3) is 21.1 Å². The summed E-state index contributed by atoms with van der Waals surface area (Å²) < 4.78 is 3.70. The van der Waals surface area contributed by atoms with E-state index in [-0.39, 0.29) is 29.2 Å². The number of para-hydroxylation sites is 2. The number of carbonyl (C=O) groups excluding carboxylic acids is 3. The number of thioether (sulfide) groups is 2. The van der Waals surface area contributed by atoms with Crippen LogP contribution in [0, 0.1) is 13.8 Å². The number of aryl methyl sites for hydroxylation is 3. The quantitative estimate of drug-likeness (QED) is 0.164. The van der Waals surface area contributed by atoms with Crippen LogP contribution in [0.2, 0.25) is 0 Å². The number of thiazole rings is 1. The third kappa shape index (κ3) is 6.51. The lowest BCUT2D eigenvalue weighted by atomic mass is 9.96. The van der Waals surface area contributed by atoms with Crippen LogP contribution in [0.15, 0.2) is 65.0 Å². The van der Waals surface area contributed by atoms with Crippen molar-refractivity contribution in [3.8, 4) is 0 Å². The minimum atomic E-state index is -0.170. The summed E-state index contributed by atoms with van der Waals surface area (Å²) in [6, 6.07) is 19.7. The first kappa shape index (κ1) is 29.5. The molecule has 7 nitrogen and oxygen atoms in total. The minimum Gasteiger partial charge on any atom is -0.325 e. The van der Waals surface area contributed by atoms with E-state index in [9.17, 15) is 14.4 Å². The predicted octanol–water partition coefficient (Wildman–Crippen LogP) is 7.49. The molecule has 43 heavy (non-hydrogen) atoms. The van der Waals surface area contributed by atoms with Crippen molar-refractivity contribution in [2.75, 3.05) is 27.9 Å². The van der Waals surface area contributed by atoms with Gasteiger partial charge in [-0.1, -0.05) is 48.2 Å². The number of rotatable bonds is 9. The molecule has 0 spiro atoms. The monoisotopic (exact) mass is 628 g/mol. The van der Waals surface area contributed by atoms with Gasteiger partial charge in [0.05, 0.1) is 33.0 Å². The van der Waals surface area contributed by atoms with Crippen molar-refractivity contribution < 1.29 is 14.4 Å². The molecule has 220 valence electrons. The molecule has 0 saturated heterocycles. The van der Waals surface area contributed by atoms with Crippen LogP contribution in [-0.2, 0) is 22.4 Å². The molecular formula is C33H32N4O3S3. The Morgan fingerprint density at radius 1 is 0.884 bits per heavy atom. The summed E-state index contributed by atoms with van der Waals surface area (Å²) in [6.45, 7) is 3.92. The molecule has 2 amide bonds. The Morgan fingerprint density at radius 2 is 1.63 bits per heavy atom. The van der Waals surface area contributed by atoms with Gasteiger partial charge in [0.25, 0.3) is 0 Å². The number of hydrogen-bond donors (Lipinski definition) is 2. The van der Waals surface area contributed by atoms with E-state index in [1.807, 2.05) is 73.0 Å². The zero-order chi connectivity index (χ0) is 29.9. The summed E-state index contributed by atoms with van der Waals surface area (Å²) in [6.07, 6.45) is 4.25. The Balaban J connectivity index is 1.03. The van der Waals surface area contributed by atoms with Gasteiger partial charge >= 0.3 is 0 Å². The first-order chi connectivity index (χ1) is 20.9. The van der Waals surface area contributed by atoms with E-state index in [2.05, 4.69) is 16.7 Å². The lowest BCUT2D eigenvalue weighted by Crippen LogP contribution is -2.19. The number of hydrogen-bond acceptors (Lipinski definition) is 7. The van der Waals surface area contributed by atoms with Gasteiger partial charge in [-0.15, -0.1) is 23.1 Å². The van der Waals surface area contributed by atoms with Crippen LogP contribution in [-0.4, -0.2) is 44.5 Å². The molecule has 2 aromatic heterocycles. The van der Waals surface area contributed by atoms with E-state index in [4.69, 9.17) is 4.98 Å². The van der Waals surface area contributed by atoms with E-state index in [0.717, 1.165) is 56.1 Å². The molecule has 6 rings (SSSR count). The molecule has 2 heterocycles. The van der Waals surface area contributed by atoms with Gasteiger partial charge in [0.2, 0.25) is 17.7 Å². The average Bonchev–Trinajstić information content (AvgIpc) is 3.56. The normalized spacial score (nSPS) is 12.8. The topological polar surface area (TPSA) is 93.1 Å². The van der Waals surface area contributed by atoms with Crippen LogP contribution < -0.4 is 10.6 Å². The Kier molecular flexibility index (Phi) is 8.88. The standard InChI is InChI=1S/C33H32N4O3S3/c1-20-8-7-9-21(2)32(20)36-30(39)18-41-17-29(38)34-22-14-15-25-28(16-22)43-33(35-25)42-19-31(40)37-26-12-5-3-10-23(26)24-11-4-6-13-27(24)37/h3,5,7-10,12,14-16H,4,6,11,13,17-19H2,1-2H3,(H,34,38)(H,36,39). The molecule has 5 aromatic rings. The highest BCUT2D eigenvalue weighted by atomic mass is 32.2. The number of amides is 2. The largest absolute Gasteiger partial charge is 0.325 e. The fraction of sp³-hybridized carbons (Fsp3) is 0.273. The summed E-state index contributed by atoms with van der Waals surface area (Å²) in [5.41, 5.74) is 7.86. The van der Waals surface area contributed by atoms with E-state index >= 15 is 0 Å². The lowest BCUT2D eigenvalue weighted by Gasteiger charge is -2.14. The van der Waals surface area contributed by atoms with Gasteiger partial charge in [-0.05, 0) is 80.5 Å². The molecule has 2 N–H and O–H groups in total. The second-order valence-electron chi connectivity index (χ2n) is 10.7. The van der Waals surface area contributed by atoms with Gasteiger partial charge in [0.15, 0.2) is 4.34 Å². The molecule has 0 aliphatic heterocycles. The Hall–Kier alpha value is -3.60. The van der Waals surface area contributed by atoms with Crippen LogP contribution >= 0.6 is 34.9 Å². The highest BCUT2D eigenvalue weighted by Crippen LogP contribution is 2.34. The molecule has 0 atom stereocenters. The zero-order valence-corrected chi connectivity index (χ0v) is 26.5. The smallest absolute Gasteiger partial charge is 0.241 e. The number of nitrogens with one attached hydrogen (secondary N) is 2. The van der Waals surface area contributed by atoms with Gasteiger partial charge in [0, 0.05) is 22.5 Å². The van der Waals surface area contributed by atoms with Crippen molar-refractivity contribution in [3.05, 3.63) is 83.0 Å². The highest BCUT2D eigenvalue weighted by molar-refractivity contribution is 8.01. The molecular weight excluding hydrogens is 597 g/mol. The minimum absolute atomic E-state index is 0.0803. The van der Waals surface area contributed by atoms with Gasteiger partial charge in [-0.3, -0.25) is 19.0 Å². The molecule has 1 aliphatic carbocycles. The second-order valence-corrected chi connectivity index (χ2v) is 13.9. The van der Waals surface area contributed by atoms with E-state index in [1.54, 1.807) is 0 Å². The van der Waals surface area contributed by atoms with E-state index in [1.165, 1.54) is 57.9 Å². The number of benzene rings is 3. The maximum atomic E-state index is 13.4. The Labute approximate surface area is 262 Å². The average molecular weight is 629 g/mol. The molecule has 1 aliphatic rings. The van der Waals surface area contributed by atoms with Crippen LogP contribution in [0.5, 0.6) is 0 Å². The highest BCUT2D eigenvalue weighted by Gasteiger charge is 2.23. The molecule has 0 saturated carbocycles. The van der Waals surface area contributed by atoms with Crippen LogP contribution in [0.1, 0.15) is 40.0 Å². The third-order valence-electron chi connectivity index (χ3n) is 7.61. The summed E-state index contributed by atoms with van der Waals surface area (Å²) in [5.74, 6) is 0.447. The van der Waals surface area contributed by atoms with Crippen molar-refractivity contribution in [2.45, 2.75) is 43.9 Å². The number of fused-ring (bicyclic) bond motifs is 4. The number of anilines is 2. The summed E-state index contributed by atoms with van der Waals surface area (Å²) in [7, 11) is 0.